The van der Waals surface area contributed by atoms with Crippen molar-refractivity contribution in [2.75, 3.05) is 26.6 Å². The highest BCUT2D eigenvalue weighted by molar-refractivity contribution is 7.14. The molecule has 0 bridgehead atoms. The Morgan fingerprint density at radius 2 is 1.61 bits per heavy atom. The van der Waals surface area contributed by atoms with Gasteiger partial charge in [-0.15, -0.1) is 11.3 Å². The number of nitrogens with one attached hydrogen (secondary N) is 2. The van der Waals surface area contributed by atoms with Gasteiger partial charge in [-0.1, -0.05) is 24.3 Å². The summed E-state index contributed by atoms with van der Waals surface area (Å²) in [5, 5.41) is 9.10. The third-order valence-corrected chi connectivity index (χ3v) is 6.69. The first-order chi connectivity index (χ1) is 17.4. The molecule has 0 unspecified atom stereocenters. The number of thiazole rings is 1. The second-order valence-corrected chi connectivity index (χ2v) is 8.97. The number of methoxy groups -OCH3 is 3. The molecule has 0 saturated heterocycles. The van der Waals surface area contributed by atoms with Crippen LogP contribution in [0.15, 0.2) is 76.5 Å². The second-order valence-electron chi connectivity index (χ2n) is 8.11. The van der Waals surface area contributed by atoms with E-state index in [1.807, 2.05) is 53.9 Å². The van der Waals surface area contributed by atoms with Crippen molar-refractivity contribution >= 4 is 34.1 Å². The maximum Gasteiger partial charge on any atom is 0.336 e. The minimum atomic E-state index is -0.659. The van der Waals surface area contributed by atoms with Crippen molar-refractivity contribution in [3.8, 4) is 17.0 Å². The fraction of sp³-hybridized carbons (Fsp3) is 0.222. The number of aromatic nitrogens is 1. The zero-order chi connectivity index (χ0) is 25.8. The predicted octanol–water partition coefficient (Wildman–Crippen LogP) is 5.14. The minimum Gasteiger partial charge on any atom is -0.496 e. The van der Waals surface area contributed by atoms with Gasteiger partial charge in [-0.25, -0.2) is 14.6 Å². The molecule has 2 N–H and O–H groups in total. The smallest absolute Gasteiger partial charge is 0.336 e. The first-order valence-electron chi connectivity index (χ1n) is 11.2. The summed E-state index contributed by atoms with van der Waals surface area (Å²) < 4.78 is 15.6. The van der Waals surface area contributed by atoms with Crippen LogP contribution in [0.1, 0.15) is 25.3 Å². The number of hydrogen-bond acceptors (Lipinski definition) is 9. The Balaban J connectivity index is 1.70. The number of hydrogen-bond donors (Lipinski definition) is 2. The molecule has 9 heteroatoms. The van der Waals surface area contributed by atoms with E-state index in [-0.39, 0.29) is 0 Å². The Kier molecular flexibility index (Phi) is 7.40. The number of carbonyl (C=O) groups is 2. The lowest BCUT2D eigenvalue weighted by Crippen LogP contribution is -2.32. The topological polar surface area (TPSA) is 98.8 Å². The van der Waals surface area contributed by atoms with E-state index in [0.29, 0.717) is 27.7 Å². The van der Waals surface area contributed by atoms with Crippen LogP contribution in [0.3, 0.4) is 0 Å². The summed E-state index contributed by atoms with van der Waals surface area (Å²) in [6.07, 6.45) is 0. The van der Waals surface area contributed by atoms with Crippen LogP contribution in [0.2, 0.25) is 0 Å². The van der Waals surface area contributed by atoms with Gasteiger partial charge in [0.1, 0.15) is 5.75 Å². The largest absolute Gasteiger partial charge is 0.496 e. The molecule has 0 spiro atoms. The molecule has 2 heterocycles. The maximum atomic E-state index is 12.8. The van der Waals surface area contributed by atoms with Crippen LogP contribution in [-0.4, -0.2) is 38.3 Å². The summed E-state index contributed by atoms with van der Waals surface area (Å²) in [5.41, 5.74) is 5.15. The van der Waals surface area contributed by atoms with Gasteiger partial charge in [0.05, 0.1) is 44.1 Å². The van der Waals surface area contributed by atoms with E-state index in [1.165, 1.54) is 25.6 Å². The Labute approximate surface area is 213 Å². The lowest BCUT2D eigenvalue weighted by molar-refractivity contribution is -0.137. The van der Waals surface area contributed by atoms with Crippen molar-refractivity contribution in [3.05, 3.63) is 82.0 Å². The molecule has 1 aliphatic heterocycles. The van der Waals surface area contributed by atoms with Crippen LogP contribution in [0, 0.1) is 0 Å². The van der Waals surface area contributed by atoms with E-state index < -0.39 is 17.9 Å². The third-order valence-electron chi connectivity index (χ3n) is 5.93. The van der Waals surface area contributed by atoms with Gasteiger partial charge in [-0.3, -0.25) is 0 Å². The molecule has 3 aromatic rings. The molecule has 2 aromatic carbocycles. The van der Waals surface area contributed by atoms with Crippen molar-refractivity contribution in [2.24, 2.45) is 0 Å². The number of para-hydroxylation sites is 1. The fourth-order valence-electron chi connectivity index (χ4n) is 4.32. The van der Waals surface area contributed by atoms with Crippen molar-refractivity contribution in [1.82, 2.24) is 10.3 Å². The summed E-state index contributed by atoms with van der Waals surface area (Å²) in [5.74, 6) is -0.942. The summed E-state index contributed by atoms with van der Waals surface area (Å²) >= 11 is 1.46. The Hall–Kier alpha value is -4.11. The summed E-state index contributed by atoms with van der Waals surface area (Å²) in [4.78, 5) is 30.2. The number of rotatable bonds is 7. The highest BCUT2D eigenvalue weighted by Crippen LogP contribution is 2.40. The number of anilines is 2. The monoisotopic (exact) mass is 505 g/mol. The average molecular weight is 506 g/mol. The molecule has 4 rings (SSSR count). The maximum absolute atomic E-state index is 12.8. The summed E-state index contributed by atoms with van der Waals surface area (Å²) in [6, 6.07) is 15.2. The molecule has 8 nitrogen and oxygen atoms in total. The Morgan fingerprint density at radius 3 is 2.25 bits per heavy atom. The molecule has 1 aliphatic rings. The summed E-state index contributed by atoms with van der Waals surface area (Å²) in [6.45, 7) is 3.57. The number of ether oxygens (including phenoxy) is 3. The molecule has 0 amide bonds. The molecule has 0 fully saturated rings. The molecule has 36 heavy (non-hydrogen) atoms. The van der Waals surface area contributed by atoms with E-state index in [9.17, 15) is 9.59 Å². The molecule has 1 aromatic heterocycles. The first-order valence-corrected chi connectivity index (χ1v) is 12.1. The highest BCUT2D eigenvalue weighted by Gasteiger charge is 2.37. The van der Waals surface area contributed by atoms with Crippen molar-refractivity contribution in [1.29, 1.82) is 0 Å². The quantitative estimate of drug-likeness (QED) is 0.426. The molecule has 0 aliphatic carbocycles. The zero-order valence-corrected chi connectivity index (χ0v) is 21.5. The van der Waals surface area contributed by atoms with Crippen LogP contribution >= 0.6 is 11.3 Å². The van der Waals surface area contributed by atoms with Gasteiger partial charge >= 0.3 is 11.9 Å². The SMILES string of the molecule is COC(=O)C1=C(C)NC(C)=C(C(=O)OC)C1c1cccc(Nc2nc(-c3ccccc3OC)cs2)c1. The molecule has 0 radical (unpaired) electrons. The van der Waals surface area contributed by atoms with Gasteiger partial charge in [0.2, 0.25) is 0 Å². The van der Waals surface area contributed by atoms with Gasteiger partial charge in [0, 0.05) is 28.0 Å². The van der Waals surface area contributed by atoms with E-state index in [4.69, 9.17) is 19.2 Å². The van der Waals surface area contributed by atoms with Gasteiger partial charge in [0.25, 0.3) is 0 Å². The van der Waals surface area contributed by atoms with Crippen molar-refractivity contribution in [3.63, 3.8) is 0 Å². The standard InChI is InChI=1S/C27H27N3O5S/c1-15-22(25(31)34-4)24(23(16(2)28-15)26(32)35-5)17-9-8-10-18(13-17)29-27-30-20(14-36-27)19-11-6-7-12-21(19)33-3/h6-14,24,28H,1-5H3,(H,29,30). The number of benzene rings is 2. The van der Waals surface area contributed by atoms with Crippen molar-refractivity contribution in [2.45, 2.75) is 19.8 Å². The number of nitrogens with zero attached hydrogens (tertiary/aromatic N) is 1. The van der Waals surface area contributed by atoms with Gasteiger partial charge in [0.15, 0.2) is 5.13 Å². The van der Waals surface area contributed by atoms with Crippen LogP contribution in [0.25, 0.3) is 11.3 Å². The third kappa shape index (κ3) is 4.83. The summed E-state index contributed by atoms with van der Waals surface area (Å²) in [7, 11) is 4.28. The number of carbonyl (C=O) groups excluding carboxylic acids is 2. The Morgan fingerprint density at radius 1 is 0.944 bits per heavy atom. The van der Waals surface area contributed by atoms with Gasteiger partial charge < -0.3 is 24.8 Å². The number of esters is 2. The van der Waals surface area contributed by atoms with E-state index in [2.05, 4.69) is 10.6 Å². The van der Waals surface area contributed by atoms with E-state index in [1.54, 1.807) is 21.0 Å². The van der Waals surface area contributed by atoms with Crippen LogP contribution in [0.4, 0.5) is 10.8 Å². The van der Waals surface area contributed by atoms with Crippen LogP contribution in [-0.2, 0) is 19.1 Å². The van der Waals surface area contributed by atoms with Crippen LogP contribution in [0.5, 0.6) is 5.75 Å². The fourth-order valence-corrected chi connectivity index (χ4v) is 5.05. The van der Waals surface area contributed by atoms with Gasteiger partial charge in [-0.2, -0.15) is 0 Å². The molecule has 186 valence electrons. The zero-order valence-electron chi connectivity index (χ0n) is 20.7. The average Bonchev–Trinajstić information content (AvgIpc) is 3.35. The highest BCUT2D eigenvalue weighted by atomic mass is 32.1. The first kappa shape index (κ1) is 25.0. The lowest BCUT2D eigenvalue weighted by Gasteiger charge is -2.30. The molecule has 0 saturated carbocycles. The number of dihydropyridines is 1. The van der Waals surface area contributed by atoms with E-state index >= 15 is 0 Å². The van der Waals surface area contributed by atoms with Gasteiger partial charge in [-0.05, 0) is 43.7 Å². The molecular formula is C27H27N3O5S. The Bertz CT molecular complexity index is 1340. The second kappa shape index (κ2) is 10.7. The predicted molar refractivity (Wildman–Crippen MR) is 139 cm³/mol. The lowest BCUT2D eigenvalue weighted by atomic mass is 9.80. The number of allylic oxidation sites excluding steroid dienone is 2. The van der Waals surface area contributed by atoms with Crippen LogP contribution < -0.4 is 15.4 Å². The van der Waals surface area contributed by atoms with Crippen molar-refractivity contribution < 1.29 is 23.8 Å². The molecular weight excluding hydrogens is 478 g/mol. The van der Waals surface area contributed by atoms with E-state index in [0.717, 1.165) is 28.3 Å². The minimum absolute atomic E-state index is 0.355. The molecule has 0 atom stereocenters. The normalized spacial score (nSPS) is 13.8.